The van der Waals surface area contributed by atoms with Gasteiger partial charge >= 0.3 is 0 Å². The van der Waals surface area contributed by atoms with Crippen molar-refractivity contribution < 1.29 is 29.6 Å². The van der Waals surface area contributed by atoms with Gasteiger partial charge in [0.1, 0.15) is 37.9 Å². The zero-order valence-corrected chi connectivity index (χ0v) is 39.2. The molecule has 2 heterocycles. The number of anilines is 2. The molecule has 0 aliphatic rings. The Morgan fingerprint density at radius 2 is 0.912 bits per heavy atom. The smallest absolute Gasteiger partial charge is 0.170 e. The summed E-state index contributed by atoms with van der Waals surface area (Å²) in [5.74, 6) is 2.28. The number of pyridine rings is 2. The van der Waals surface area contributed by atoms with Gasteiger partial charge in [0.25, 0.3) is 0 Å². The molecule has 0 bridgehead atoms. The molecule has 0 aliphatic carbocycles. The van der Waals surface area contributed by atoms with Gasteiger partial charge < -0.3 is 63.1 Å². The molecule has 0 saturated carbocycles. The van der Waals surface area contributed by atoms with E-state index in [2.05, 4.69) is 41.2 Å². The van der Waals surface area contributed by atoms with E-state index in [1.165, 1.54) is 0 Å². The lowest BCUT2D eigenvalue weighted by Crippen LogP contribution is -2.14. The highest BCUT2D eigenvalue weighted by Gasteiger charge is 2.14. The third kappa shape index (κ3) is 14.2. The summed E-state index contributed by atoms with van der Waals surface area (Å²) >= 11 is 0. The van der Waals surface area contributed by atoms with Crippen LogP contribution < -0.4 is 43.0 Å². The van der Waals surface area contributed by atoms with Gasteiger partial charge in [-0.15, -0.1) is 0 Å². The van der Waals surface area contributed by atoms with Crippen molar-refractivity contribution in [2.45, 2.75) is 67.8 Å². The zero-order valence-electron chi connectivity index (χ0n) is 39.2. The average molecular weight is 925 g/mol. The summed E-state index contributed by atoms with van der Waals surface area (Å²) in [5.41, 5.74) is 35.4. The van der Waals surface area contributed by atoms with Crippen LogP contribution in [0.15, 0.2) is 130 Å². The molecule has 0 aliphatic heterocycles. The predicted molar refractivity (Wildman–Crippen MR) is 266 cm³/mol. The van der Waals surface area contributed by atoms with Crippen LogP contribution in [0.4, 0.5) is 11.4 Å². The topological polar surface area (TPSA) is 281 Å². The third-order valence-electron chi connectivity index (χ3n) is 10.5. The van der Waals surface area contributed by atoms with Gasteiger partial charge in [-0.3, -0.25) is 9.97 Å². The molecule has 0 amide bonds. The molecule has 356 valence electrons. The number of hydrogen-bond acceptors (Lipinski definition) is 14. The third-order valence-corrected chi connectivity index (χ3v) is 10.5. The van der Waals surface area contributed by atoms with Crippen LogP contribution in [0.5, 0.6) is 11.5 Å². The highest BCUT2D eigenvalue weighted by atomic mass is 16.6. The van der Waals surface area contributed by atoms with Crippen molar-refractivity contribution >= 4 is 34.7 Å². The Morgan fingerprint density at radius 1 is 0.529 bits per heavy atom. The fourth-order valence-corrected chi connectivity index (χ4v) is 6.63. The first-order chi connectivity index (χ1) is 32.8. The molecule has 0 atom stereocenters. The van der Waals surface area contributed by atoms with Crippen molar-refractivity contribution in [2.75, 3.05) is 23.8 Å². The number of rotatable bonds is 20. The second kappa shape index (κ2) is 25.2. The number of oxime groups is 4. The Bertz CT molecular complexity index is 2720. The van der Waals surface area contributed by atoms with Crippen molar-refractivity contribution in [3.8, 4) is 11.5 Å². The van der Waals surface area contributed by atoms with Crippen LogP contribution in [0.2, 0.25) is 0 Å². The Hall–Kier alpha value is -8.54. The van der Waals surface area contributed by atoms with Gasteiger partial charge in [0.05, 0.1) is 11.4 Å². The second-order valence-corrected chi connectivity index (χ2v) is 15.2. The lowest BCUT2D eigenvalue weighted by atomic mass is 10.1. The monoisotopic (exact) mass is 924 g/mol. The molecule has 0 saturated heterocycles. The SMILES string of the molecule is CCON=C(N)c1cccc(COc2c(C)ncc(CNc3ccc(/C(N)=N/OCC)cc3)c2C)c1.Cc1ncc(CNc2ccc(/C(N)=N/O)cc2)c(C)c1OCc1cccc(/C(N)=N/O)c1. The number of nitrogens with zero attached hydrogens (tertiary/aromatic N) is 6. The van der Waals surface area contributed by atoms with Gasteiger partial charge in [-0.1, -0.05) is 57.0 Å². The van der Waals surface area contributed by atoms with Crippen molar-refractivity contribution in [1.29, 1.82) is 0 Å². The van der Waals surface area contributed by atoms with E-state index in [0.717, 1.165) is 78.8 Å². The van der Waals surface area contributed by atoms with Gasteiger partial charge in [-0.25, -0.2) is 0 Å². The maximum atomic E-state index is 8.87. The molecule has 0 spiro atoms. The van der Waals surface area contributed by atoms with E-state index in [9.17, 15) is 0 Å². The lowest BCUT2D eigenvalue weighted by Gasteiger charge is -2.16. The second-order valence-electron chi connectivity index (χ2n) is 15.2. The number of amidine groups is 4. The quantitative estimate of drug-likeness (QED) is 0.0162. The molecule has 4 aromatic carbocycles. The van der Waals surface area contributed by atoms with Crippen molar-refractivity contribution in [3.05, 3.63) is 176 Å². The van der Waals surface area contributed by atoms with Gasteiger partial charge in [0.2, 0.25) is 0 Å². The summed E-state index contributed by atoms with van der Waals surface area (Å²) < 4.78 is 12.3. The molecule has 0 fully saturated rings. The van der Waals surface area contributed by atoms with Crippen LogP contribution in [0.25, 0.3) is 0 Å². The fourth-order valence-electron chi connectivity index (χ4n) is 6.63. The van der Waals surface area contributed by atoms with E-state index in [-0.39, 0.29) is 11.7 Å². The van der Waals surface area contributed by atoms with Crippen molar-refractivity contribution in [2.24, 2.45) is 43.6 Å². The molecular formula is C50H60N12O6. The van der Waals surface area contributed by atoms with Crippen LogP contribution >= 0.6 is 0 Å². The number of hydrogen-bond donors (Lipinski definition) is 8. The fraction of sp³-hybridized carbons (Fsp3) is 0.240. The normalized spacial score (nSPS) is 11.9. The first-order valence-electron chi connectivity index (χ1n) is 21.7. The van der Waals surface area contributed by atoms with Gasteiger partial charge in [0, 0.05) is 59.1 Å². The standard InChI is InChI=1S/C27H34N6O3.C23H26N6O3/c1-5-35-32-26(28)21-10-12-24(13-11-21)31-16-23-15-30-19(4)25(18(23)3)34-17-20-8-7-9-22(14-20)27(29)33-36-6-2;1-14-19(12-27-20-8-6-17(7-9-20)22(24)28-30)11-26-15(2)21(14)32-13-16-4-3-5-18(10-16)23(25)29-31/h7-15,31H,5-6,16-17H2,1-4H3,(H2,28,32)(H2,29,33);3-11,27,30-31H,12-13H2,1-2H3,(H2,24,28)(H2,25,29). The predicted octanol–water partition coefficient (Wildman–Crippen LogP) is 7.28. The van der Waals surface area contributed by atoms with Crippen molar-refractivity contribution in [1.82, 2.24) is 9.97 Å². The van der Waals surface area contributed by atoms with Crippen LogP contribution in [0.1, 0.15) is 80.9 Å². The molecule has 12 N–H and O–H groups in total. The van der Waals surface area contributed by atoms with E-state index in [1.54, 1.807) is 18.2 Å². The van der Waals surface area contributed by atoms with Crippen molar-refractivity contribution in [3.63, 3.8) is 0 Å². The number of benzene rings is 4. The summed E-state index contributed by atoms with van der Waals surface area (Å²) in [6, 6.07) is 30.0. The summed E-state index contributed by atoms with van der Waals surface area (Å²) in [4.78, 5) is 19.1. The molecule has 18 heteroatoms. The number of ether oxygens (including phenoxy) is 2. The van der Waals surface area contributed by atoms with E-state index in [1.807, 2.05) is 133 Å². The van der Waals surface area contributed by atoms with Gasteiger partial charge in [-0.2, -0.15) is 0 Å². The molecule has 0 unspecified atom stereocenters. The highest BCUT2D eigenvalue weighted by molar-refractivity contribution is 5.98. The first-order valence-corrected chi connectivity index (χ1v) is 21.7. The molecule has 18 nitrogen and oxygen atoms in total. The Kier molecular flexibility index (Phi) is 18.7. The first kappa shape index (κ1) is 50.5. The molecule has 6 rings (SSSR count). The van der Waals surface area contributed by atoms with Gasteiger partial charge in [0.15, 0.2) is 23.3 Å². The lowest BCUT2D eigenvalue weighted by molar-refractivity contribution is 0.158. The maximum Gasteiger partial charge on any atom is 0.170 e. The minimum atomic E-state index is 0.0494. The summed E-state index contributed by atoms with van der Waals surface area (Å²) in [5, 5.41) is 38.2. The summed E-state index contributed by atoms with van der Waals surface area (Å²) in [7, 11) is 0. The van der Waals surface area contributed by atoms with Crippen LogP contribution in [0.3, 0.4) is 0 Å². The molecule has 0 radical (unpaired) electrons. The number of aromatic nitrogens is 2. The highest BCUT2D eigenvalue weighted by Crippen LogP contribution is 2.28. The molecule has 2 aromatic heterocycles. The van der Waals surface area contributed by atoms with E-state index in [0.29, 0.717) is 62.3 Å². The van der Waals surface area contributed by atoms with Crippen LogP contribution in [-0.2, 0) is 36.0 Å². The van der Waals surface area contributed by atoms with Gasteiger partial charge in [-0.05, 0) is 136 Å². The minimum absolute atomic E-state index is 0.0494. The molecule has 6 aromatic rings. The van der Waals surface area contributed by atoms with E-state index >= 15 is 0 Å². The van der Waals surface area contributed by atoms with E-state index in [4.69, 9.17) is 52.5 Å². The number of aryl methyl sites for hydroxylation is 2. The van der Waals surface area contributed by atoms with Crippen LogP contribution in [-0.4, -0.2) is 56.9 Å². The Morgan fingerprint density at radius 3 is 1.32 bits per heavy atom. The van der Waals surface area contributed by atoms with E-state index < -0.39 is 0 Å². The minimum Gasteiger partial charge on any atom is -0.487 e. The van der Waals surface area contributed by atoms with Crippen LogP contribution in [0, 0.1) is 27.7 Å². The summed E-state index contributed by atoms with van der Waals surface area (Å²) in [6.07, 6.45) is 3.70. The molecule has 68 heavy (non-hydrogen) atoms. The summed E-state index contributed by atoms with van der Waals surface area (Å²) in [6.45, 7) is 14.4. The Balaban J connectivity index is 0.000000256. The molecular weight excluding hydrogens is 865 g/mol. The maximum absolute atomic E-state index is 8.87. The average Bonchev–Trinajstić information content (AvgIpc) is 3.36. The number of nitrogens with two attached hydrogens (primary N) is 4. The Labute approximate surface area is 396 Å². The largest absolute Gasteiger partial charge is 0.487 e. The number of nitrogens with one attached hydrogen (secondary N) is 2. The zero-order chi connectivity index (χ0) is 49.0.